The minimum atomic E-state index is -1.89. The van der Waals surface area contributed by atoms with E-state index in [1.54, 1.807) is 0 Å². The van der Waals surface area contributed by atoms with Crippen LogP contribution in [0, 0.1) is 0 Å². The monoisotopic (exact) mass is 395 g/mol. The van der Waals surface area contributed by atoms with Gasteiger partial charge in [-0.15, -0.1) is 0 Å². The van der Waals surface area contributed by atoms with Gasteiger partial charge < -0.3 is 0 Å². The van der Waals surface area contributed by atoms with E-state index in [2.05, 4.69) is 48.5 Å². The van der Waals surface area contributed by atoms with Gasteiger partial charge in [0.1, 0.15) is 0 Å². The van der Waals surface area contributed by atoms with Gasteiger partial charge in [0.15, 0.2) is 5.58 Å². The molecule has 0 aliphatic rings. The maximum Gasteiger partial charge on any atom is 0.597 e. The Balaban J connectivity index is 1.74. The van der Waals surface area contributed by atoms with Crippen LogP contribution in [0.15, 0.2) is 101 Å². The third-order valence-electron chi connectivity index (χ3n) is 5.28. The fourth-order valence-corrected chi connectivity index (χ4v) is 5.02. The summed E-state index contributed by atoms with van der Waals surface area (Å²) in [5.74, 6) is 0. The molecule has 0 amide bonds. The van der Waals surface area contributed by atoms with Gasteiger partial charge >= 0.3 is 7.65 Å². The maximum atomic E-state index is 12.8. The highest BCUT2D eigenvalue weighted by Gasteiger charge is 2.19. The predicted molar refractivity (Wildman–Crippen MR) is 120 cm³/mol. The average Bonchev–Trinajstić information content (AvgIpc) is 2.76. The van der Waals surface area contributed by atoms with E-state index in [0.717, 1.165) is 39.9 Å². The molecular weight excluding hydrogens is 375 g/mol. The van der Waals surface area contributed by atoms with E-state index in [0.29, 0.717) is 0 Å². The average molecular weight is 395 g/mol. The summed E-state index contributed by atoms with van der Waals surface area (Å²) in [6, 6.07) is 33.1. The molecular formula is C26H20O2P+. The van der Waals surface area contributed by atoms with Gasteiger partial charge in [-0.2, -0.15) is 0 Å². The Hall–Kier alpha value is -3.22. The summed E-state index contributed by atoms with van der Waals surface area (Å²) in [5.41, 5.74) is 5.55. The van der Waals surface area contributed by atoms with E-state index in [9.17, 15) is 4.57 Å². The molecule has 0 aliphatic heterocycles. The van der Waals surface area contributed by atoms with Crippen molar-refractivity contribution >= 4 is 29.1 Å². The number of hydrogen-bond acceptors (Lipinski definition) is 2. The van der Waals surface area contributed by atoms with E-state index in [-0.39, 0.29) is 0 Å². The minimum Gasteiger partial charge on any atom is -0.249 e. The summed E-state index contributed by atoms with van der Waals surface area (Å²) < 4.78 is 18.7. The molecule has 4 aromatic carbocycles. The van der Waals surface area contributed by atoms with Gasteiger partial charge in [0.25, 0.3) is 0 Å². The molecule has 1 unspecified atom stereocenters. The van der Waals surface area contributed by atoms with Crippen molar-refractivity contribution in [1.29, 1.82) is 0 Å². The first kappa shape index (κ1) is 17.8. The largest absolute Gasteiger partial charge is 0.597 e. The summed E-state index contributed by atoms with van der Waals surface area (Å²) in [4.78, 5) is 0. The molecule has 1 heterocycles. The molecule has 0 radical (unpaired) electrons. The third kappa shape index (κ3) is 3.60. The molecule has 29 heavy (non-hydrogen) atoms. The molecule has 2 nitrogen and oxygen atoms in total. The Morgan fingerprint density at radius 2 is 1.24 bits per heavy atom. The first-order valence-electron chi connectivity index (χ1n) is 9.76. The lowest BCUT2D eigenvalue weighted by molar-refractivity contribution is 0.563. The van der Waals surface area contributed by atoms with E-state index in [1.165, 1.54) is 16.7 Å². The fraction of sp³-hybridized carbons (Fsp3) is 0.0769. The highest BCUT2D eigenvalue weighted by Crippen LogP contribution is 2.38. The van der Waals surface area contributed by atoms with Gasteiger partial charge in [0, 0.05) is 22.8 Å². The van der Waals surface area contributed by atoms with Crippen molar-refractivity contribution in [2.24, 2.45) is 0 Å². The molecule has 3 heteroatoms. The van der Waals surface area contributed by atoms with Gasteiger partial charge in [0.2, 0.25) is 5.12 Å². The highest BCUT2D eigenvalue weighted by atomic mass is 31.1. The Kier molecular flexibility index (Phi) is 4.71. The smallest absolute Gasteiger partial charge is 0.249 e. The molecule has 0 saturated heterocycles. The van der Waals surface area contributed by atoms with Crippen LogP contribution in [-0.4, -0.2) is 0 Å². The molecule has 5 rings (SSSR count). The second-order valence-electron chi connectivity index (χ2n) is 7.32. The first-order valence-corrected chi connectivity index (χ1v) is 10.9. The van der Waals surface area contributed by atoms with Gasteiger partial charge in [0.05, 0.1) is 0 Å². The van der Waals surface area contributed by atoms with Crippen LogP contribution in [0.1, 0.15) is 22.3 Å². The molecule has 0 aliphatic carbocycles. The Labute approximate surface area is 170 Å². The lowest BCUT2D eigenvalue weighted by Gasteiger charge is -2.09. The minimum absolute atomic E-state index is 0.747. The van der Waals surface area contributed by atoms with Gasteiger partial charge in [-0.05, 0) is 45.9 Å². The van der Waals surface area contributed by atoms with Crippen LogP contribution in [0.3, 0.4) is 0 Å². The van der Waals surface area contributed by atoms with Crippen LogP contribution in [0.25, 0.3) is 21.5 Å². The Morgan fingerprint density at radius 3 is 1.97 bits per heavy atom. The number of benzene rings is 4. The number of hydrogen-bond donors (Lipinski definition) is 0. The van der Waals surface area contributed by atoms with E-state index >= 15 is 0 Å². The van der Waals surface area contributed by atoms with Crippen molar-refractivity contribution in [1.82, 2.24) is 0 Å². The van der Waals surface area contributed by atoms with Crippen LogP contribution in [0.5, 0.6) is 0 Å². The molecule has 140 valence electrons. The van der Waals surface area contributed by atoms with Crippen LogP contribution < -0.4 is 0 Å². The van der Waals surface area contributed by atoms with Crippen molar-refractivity contribution in [3.05, 3.63) is 119 Å². The molecule has 0 spiro atoms. The molecule has 0 N–H and O–H groups in total. The summed E-state index contributed by atoms with van der Waals surface area (Å²) in [6.07, 6.45) is 1.60. The zero-order valence-corrected chi connectivity index (χ0v) is 16.8. The topological polar surface area (TPSA) is 30.2 Å². The number of rotatable bonds is 4. The van der Waals surface area contributed by atoms with E-state index in [4.69, 9.17) is 4.20 Å². The van der Waals surface area contributed by atoms with Crippen LogP contribution in [0.2, 0.25) is 0 Å². The Bertz CT molecular complexity index is 1360. The summed E-state index contributed by atoms with van der Waals surface area (Å²) in [5, 5.41) is 2.83. The lowest BCUT2D eigenvalue weighted by atomic mass is 9.96. The van der Waals surface area contributed by atoms with E-state index in [1.807, 2.05) is 48.5 Å². The molecule has 1 aromatic heterocycles. The van der Waals surface area contributed by atoms with Crippen LogP contribution in [0.4, 0.5) is 0 Å². The SMILES string of the molecule is O=[p+]1oc2c(Cc3ccccc3)cc(Cc3ccccc3)cc2c2ccccc21. The third-order valence-corrected chi connectivity index (χ3v) is 6.41. The normalized spacial score (nSPS) is 11.8. The zero-order valence-electron chi connectivity index (χ0n) is 15.9. The molecule has 5 aromatic rings. The van der Waals surface area contributed by atoms with E-state index < -0.39 is 7.65 Å². The Morgan fingerprint density at radius 1 is 0.621 bits per heavy atom. The second kappa shape index (κ2) is 7.66. The molecule has 0 fully saturated rings. The predicted octanol–water partition coefficient (Wildman–Crippen LogP) is 7.51. The first-order chi connectivity index (χ1) is 14.3. The molecule has 0 bridgehead atoms. The van der Waals surface area contributed by atoms with Crippen LogP contribution in [-0.2, 0) is 17.4 Å². The standard InChI is InChI=1S/C26H20O2P/c27-29-25-14-8-7-13-23(25)24-18-21(15-19-9-3-1-4-10-19)17-22(26(24)28-29)16-20-11-5-2-6-12-20/h1-14,17-18H,15-16H2/q+1. The van der Waals surface area contributed by atoms with Gasteiger partial charge in [-0.3, -0.25) is 0 Å². The fourth-order valence-electron chi connectivity index (χ4n) is 3.94. The van der Waals surface area contributed by atoms with Crippen molar-refractivity contribution in [3.63, 3.8) is 0 Å². The van der Waals surface area contributed by atoms with Crippen molar-refractivity contribution in [2.45, 2.75) is 12.8 Å². The summed E-state index contributed by atoms with van der Waals surface area (Å²) in [6.45, 7) is 0. The van der Waals surface area contributed by atoms with Gasteiger partial charge in [-0.1, -0.05) is 78.9 Å². The maximum absolute atomic E-state index is 12.8. The molecule has 1 atom stereocenters. The zero-order chi connectivity index (χ0) is 19.6. The lowest BCUT2D eigenvalue weighted by Crippen LogP contribution is -1.95. The molecule has 0 saturated carbocycles. The highest BCUT2D eigenvalue weighted by molar-refractivity contribution is 7.37. The summed E-state index contributed by atoms with van der Waals surface area (Å²) in [7, 11) is -1.89. The van der Waals surface area contributed by atoms with Crippen molar-refractivity contribution in [3.8, 4) is 0 Å². The number of fused-ring (bicyclic) bond motifs is 3. The quantitative estimate of drug-likeness (QED) is 0.295. The van der Waals surface area contributed by atoms with Crippen molar-refractivity contribution in [2.75, 3.05) is 0 Å². The van der Waals surface area contributed by atoms with Crippen LogP contribution >= 0.6 is 7.65 Å². The van der Waals surface area contributed by atoms with Crippen molar-refractivity contribution < 1.29 is 8.76 Å². The summed E-state index contributed by atoms with van der Waals surface area (Å²) >= 11 is 0. The van der Waals surface area contributed by atoms with Gasteiger partial charge in [-0.25, -0.2) is 4.20 Å². The second-order valence-corrected chi connectivity index (χ2v) is 8.50.